The summed E-state index contributed by atoms with van der Waals surface area (Å²) in [4.78, 5) is 16.7. The predicted octanol–water partition coefficient (Wildman–Crippen LogP) is 3.04. The van der Waals surface area contributed by atoms with E-state index in [-0.39, 0.29) is 17.3 Å². The minimum atomic E-state index is 0. The van der Waals surface area contributed by atoms with Crippen molar-refractivity contribution in [2.75, 3.05) is 19.6 Å². The molecule has 104 valence electrons. The molecule has 19 heavy (non-hydrogen) atoms. The quantitative estimate of drug-likeness (QED) is 0.942. The van der Waals surface area contributed by atoms with Crippen LogP contribution in [0, 0.1) is 0 Å². The molecule has 3 rings (SSSR count). The third-order valence-electron chi connectivity index (χ3n) is 3.62. The van der Waals surface area contributed by atoms with Gasteiger partial charge in [-0.25, -0.2) is 0 Å². The monoisotopic (exact) mass is 298 g/mol. The number of benzene rings is 1. The number of aryl methyl sites for hydroxylation is 1. The molecule has 1 fully saturated rings. The smallest absolute Gasteiger partial charge is 0.305 e. The first-order chi connectivity index (χ1) is 8.81. The average Bonchev–Trinajstić information content (AvgIpc) is 2.96. The predicted molar refractivity (Wildman–Crippen MR) is 83.7 cm³/mol. The molecule has 0 spiro atoms. The fourth-order valence-corrected chi connectivity index (χ4v) is 3.46. The molecule has 0 aliphatic carbocycles. The number of thiazole rings is 1. The number of likely N-dealkylation sites (tertiary alicyclic amines) is 1. The molecule has 2 aromatic rings. The average molecular weight is 299 g/mol. The summed E-state index contributed by atoms with van der Waals surface area (Å²) in [6.07, 6.45) is 5.05. The van der Waals surface area contributed by atoms with Gasteiger partial charge in [0, 0.05) is 0 Å². The van der Waals surface area contributed by atoms with Gasteiger partial charge in [0.25, 0.3) is 0 Å². The highest BCUT2D eigenvalue weighted by Gasteiger charge is 2.10. The number of fused-ring (bicyclic) bond motifs is 1. The Bertz CT molecular complexity index is 586. The van der Waals surface area contributed by atoms with E-state index in [0.29, 0.717) is 0 Å². The molecule has 1 aliphatic heterocycles. The molecule has 1 N–H and O–H groups in total. The highest BCUT2D eigenvalue weighted by molar-refractivity contribution is 7.16. The lowest BCUT2D eigenvalue weighted by molar-refractivity contribution is 0.334. The van der Waals surface area contributed by atoms with Crippen molar-refractivity contribution in [3.05, 3.63) is 33.4 Å². The number of nitrogens with zero attached hydrogens (tertiary/aromatic N) is 1. The zero-order chi connectivity index (χ0) is 12.4. The first kappa shape index (κ1) is 14.6. The molecule has 0 unspecified atom stereocenters. The third-order valence-corrected chi connectivity index (χ3v) is 4.47. The van der Waals surface area contributed by atoms with Crippen LogP contribution in [-0.4, -0.2) is 29.5 Å². The van der Waals surface area contributed by atoms with Gasteiger partial charge in [0.05, 0.1) is 10.2 Å². The maximum absolute atomic E-state index is 11.2. The van der Waals surface area contributed by atoms with Crippen molar-refractivity contribution in [2.24, 2.45) is 0 Å². The number of nitrogens with one attached hydrogen (secondary N) is 1. The molecule has 1 aromatic carbocycles. The van der Waals surface area contributed by atoms with E-state index >= 15 is 0 Å². The lowest BCUT2D eigenvalue weighted by atomic mass is 10.1. The summed E-state index contributed by atoms with van der Waals surface area (Å²) in [5.41, 5.74) is 2.31. The van der Waals surface area contributed by atoms with Gasteiger partial charge in [-0.15, -0.1) is 12.4 Å². The molecule has 3 nitrogen and oxygen atoms in total. The highest BCUT2D eigenvalue weighted by atomic mass is 35.5. The Kier molecular flexibility index (Phi) is 5.02. The van der Waals surface area contributed by atoms with Gasteiger partial charge >= 0.3 is 4.87 Å². The van der Waals surface area contributed by atoms with Gasteiger partial charge < -0.3 is 9.88 Å². The van der Waals surface area contributed by atoms with Crippen LogP contribution >= 0.6 is 23.7 Å². The zero-order valence-corrected chi connectivity index (χ0v) is 12.5. The Labute approximate surface area is 123 Å². The van der Waals surface area contributed by atoms with Crippen LogP contribution in [0.4, 0.5) is 0 Å². The third kappa shape index (κ3) is 3.59. The molecule has 5 heteroatoms. The van der Waals surface area contributed by atoms with E-state index in [9.17, 15) is 4.79 Å². The Morgan fingerprint density at radius 1 is 1.26 bits per heavy atom. The lowest BCUT2D eigenvalue weighted by Crippen LogP contribution is -2.20. The maximum Gasteiger partial charge on any atom is 0.305 e. The Balaban J connectivity index is 0.00000133. The van der Waals surface area contributed by atoms with Crippen LogP contribution in [0.15, 0.2) is 23.0 Å². The number of aromatic nitrogens is 1. The first-order valence-corrected chi connectivity index (χ1v) is 7.47. The van der Waals surface area contributed by atoms with Crippen molar-refractivity contribution in [1.29, 1.82) is 0 Å². The Hall–Kier alpha value is -0.840. The van der Waals surface area contributed by atoms with Gasteiger partial charge in [-0.3, -0.25) is 4.79 Å². The summed E-state index contributed by atoms with van der Waals surface area (Å²) in [6, 6.07) is 6.31. The normalized spacial score (nSPS) is 15.8. The van der Waals surface area contributed by atoms with Crippen molar-refractivity contribution in [3.63, 3.8) is 0 Å². The van der Waals surface area contributed by atoms with E-state index in [2.05, 4.69) is 22.0 Å². The maximum atomic E-state index is 11.2. The minimum absolute atomic E-state index is 0. The lowest BCUT2D eigenvalue weighted by Gasteiger charge is -2.13. The summed E-state index contributed by atoms with van der Waals surface area (Å²) in [7, 11) is 0. The number of hydrogen-bond acceptors (Lipinski definition) is 3. The summed E-state index contributed by atoms with van der Waals surface area (Å²) in [5, 5.41) is 0. The van der Waals surface area contributed by atoms with Crippen LogP contribution in [0.2, 0.25) is 0 Å². The van der Waals surface area contributed by atoms with Crippen molar-refractivity contribution in [3.8, 4) is 0 Å². The molecule has 1 aromatic heterocycles. The topological polar surface area (TPSA) is 36.1 Å². The van der Waals surface area contributed by atoms with Gasteiger partial charge in [0.15, 0.2) is 0 Å². The molecular weight excluding hydrogens is 280 g/mol. The van der Waals surface area contributed by atoms with E-state index in [1.165, 1.54) is 55.8 Å². The number of H-pyrrole nitrogens is 1. The van der Waals surface area contributed by atoms with Gasteiger partial charge in [-0.2, -0.15) is 0 Å². The summed E-state index contributed by atoms with van der Waals surface area (Å²) in [5.74, 6) is 0. The van der Waals surface area contributed by atoms with Crippen LogP contribution in [0.3, 0.4) is 0 Å². The second-order valence-electron chi connectivity index (χ2n) is 5.00. The van der Waals surface area contributed by atoms with E-state index in [0.717, 1.165) is 16.6 Å². The van der Waals surface area contributed by atoms with E-state index in [1.807, 2.05) is 6.07 Å². The molecule has 1 saturated heterocycles. The SMILES string of the molecule is Cl.O=c1[nH]c2ccc(CCCN3CCCC3)cc2s1. The molecular formula is C14H19ClN2OS. The zero-order valence-electron chi connectivity index (χ0n) is 10.9. The Morgan fingerprint density at radius 3 is 2.84 bits per heavy atom. The molecule has 0 saturated carbocycles. The van der Waals surface area contributed by atoms with Crippen molar-refractivity contribution in [1.82, 2.24) is 9.88 Å². The van der Waals surface area contributed by atoms with E-state index < -0.39 is 0 Å². The minimum Gasteiger partial charge on any atom is -0.312 e. The fraction of sp³-hybridized carbons (Fsp3) is 0.500. The summed E-state index contributed by atoms with van der Waals surface area (Å²) in [6.45, 7) is 3.76. The fourth-order valence-electron chi connectivity index (χ4n) is 2.66. The van der Waals surface area contributed by atoms with Crippen LogP contribution in [0.5, 0.6) is 0 Å². The van der Waals surface area contributed by atoms with Crippen molar-refractivity contribution in [2.45, 2.75) is 25.7 Å². The summed E-state index contributed by atoms with van der Waals surface area (Å²) < 4.78 is 1.08. The molecule has 0 bridgehead atoms. The molecule has 2 heterocycles. The second kappa shape index (κ2) is 6.55. The van der Waals surface area contributed by atoms with Crippen molar-refractivity contribution >= 4 is 34.0 Å². The largest absolute Gasteiger partial charge is 0.312 e. The van der Waals surface area contributed by atoms with Gasteiger partial charge in [0.2, 0.25) is 0 Å². The Morgan fingerprint density at radius 2 is 2.05 bits per heavy atom. The van der Waals surface area contributed by atoms with Crippen LogP contribution in [0.1, 0.15) is 24.8 Å². The van der Waals surface area contributed by atoms with Crippen LogP contribution in [-0.2, 0) is 6.42 Å². The highest BCUT2D eigenvalue weighted by Crippen LogP contribution is 2.17. The molecule has 0 radical (unpaired) electrons. The first-order valence-electron chi connectivity index (χ1n) is 6.65. The molecule has 0 atom stereocenters. The van der Waals surface area contributed by atoms with E-state index in [4.69, 9.17) is 0 Å². The second-order valence-corrected chi connectivity index (χ2v) is 6.01. The van der Waals surface area contributed by atoms with Crippen LogP contribution in [0.25, 0.3) is 10.2 Å². The standard InChI is InChI=1S/C14H18N2OS.ClH/c17-14-15-12-6-5-11(10-13(12)18-14)4-3-9-16-7-1-2-8-16;/h5-6,10H,1-4,7-9H2,(H,15,17);1H. The summed E-state index contributed by atoms with van der Waals surface area (Å²) >= 11 is 1.30. The molecule has 1 aliphatic rings. The number of hydrogen-bond donors (Lipinski definition) is 1. The van der Waals surface area contributed by atoms with Crippen molar-refractivity contribution < 1.29 is 0 Å². The van der Waals surface area contributed by atoms with Gasteiger partial charge in [-0.1, -0.05) is 17.4 Å². The van der Waals surface area contributed by atoms with Gasteiger partial charge in [-0.05, 0) is 63.0 Å². The molecule has 0 amide bonds. The number of rotatable bonds is 4. The number of halogens is 1. The van der Waals surface area contributed by atoms with Crippen LogP contribution < -0.4 is 4.87 Å². The van der Waals surface area contributed by atoms with E-state index in [1.54, 1.807) is 0 Å². The van der Waals surface area contributed by atoms with Gasteiger partial charge in [0.1, 0.15) is 0 Å². The number of aromatic amines is 1.